The number of β-lactam (4-membered cyclic amide) rings is 1. The van der Waals surface area contributed by atoms with E-state index in [-0.39, 0.29) is 23.8 Å². The lowest BCUT2D eigenvalue weighted by atomic mass is 9.78. The zero-order valence-corrected chi connectivity index (χ0v) is 15.5. The van der Waals surface area contributed by atoms with Gasteiger partial charge in [-0.25, -0.2) is 0 Å². The van der Waals surface area contributed by atoms with Crippen LogP contribution in [0.15, 0.2) is 24.3 Å². The molecule has 4 atom stereocenters. The van der Waals surface area contributed by atoms with Gasteiger partial charge in [-0.2, -0.15) is 0 Å². The average molecular weight is 361 g/mol. The quantitative estimate of drug-likeness (QED) is 0.746. The van der Waals surface area contributed by atoms with Gasteiger partial charge in [0.25, 0.3) is 0 Å². The Morgan fingerprint density at radius 2 is 1.81 bits per heavy atom. The van der Waals surface area contributed by atoms with Crippen LogP contribution >= 0.6 is 0 Å². The van der Waals surface area contributed by atoms with Gasteiger partial charge in [-0.05, 0) is 31.2 Å². The maximum Gasteiger partial charge on any atom is 0.228 e. The lowest BCUT2D eigenvalue weighted by molar-refractivity contribution is -0.148. The SMILES string of the molecule is COc1ccc(N2CCN(C(=O)[C@H](C)[C@H]3NC(=O)[C@@H]3[C@@H](C)O)CC2)cc1. The highest BCUT2D eigenvalue weighted by Gasteiger charge is 2.47. The van der Waals surface area contributed by atoms with E-state index in [1.807, 2.05) is 36.1 Å². The van der Waals surface area contributed by atoms with E-state index in [9.17, 15) is 14.7 Å². The standard InChI is InChI=1S/C19H27N3O4/c1-12(17-16(13(2)23)18(24)20-17)19(25)22-10-8-21(9-11-22)14-4-6-15(26-3)7-5-14/h4-7,12-13,16-17,23H,8-11H2,1-3H3,(H,20,24)/t12-,13-,16-,17-/m1/s1. The van der Waals surface area contributed by atoms with E-state index in [4.69, 9.17) is 4.74 Å². The van der Waals surface area contributed by atoms with Crippen LogP contribution in [0.4, 0.5) is 5.69 Å². The molecule has 0 saturated carbocycles. The molecule has 1 aromatic rings. The molecular weight excluding hydrogens is 334 g/mol. The summed E-state index contributed by atoms with van der Waals surface area (Å²) >= 11 is 0. The Hall–Kier alpha value is -2.28. The van der Waals surface area contributed by atoms with E-state index in [2.05, 4.69) is 10.2 Å². The summed E-state index contributed by atoms with van der Waals surface area (Å²) in [5, 5.41) is 12.5. The number of hydrogen-bond acceptors (Lipinski definition) is 5. The van der Waals surface area contributed by atoms with Crippen LogP contribution in [0, 0.1) is 11.8 Å². The first kappa shape index (κ1) is 18.5. The lowest BCUT2D eigenvalue weighted by Gasteiger charge is -2.44. The lowest BCUT2D eigenvalue weighted by Crippen LogP contribution is -2.66. The van der Waals surface area contributed by atoms with Gasteiger partial charge in [0, 0.05) is 31.9 Å². The monoisotopic (exact) mass is 361 g/mol. The fourth-order valence-corrected chi connectivity index (χ4v) is 3.79. The minimum Gasteiger partial charge on any atom is -0.497 e. The van der Waals surface area contributed by atoms with Crippen molar-refractivity contribution in [1.82, 2.24) is 10.2 Å². The number of benzene rings is 1. The second-order valence-electron chi connectivity index (χ2n) is 7.10. The maximum atomic E-state index is 12.8. The molecule has 26 heavy (non-hydrogen) atoms. The Balaban J connectivity index is 1.55. The van der Waals surface area contributed by atoms with Crippen molar-refractivity contribution < 1.29 is 19.4 Å². The second-order valence-corrected chi connectivity index (χ2v) is 7.10. The van der Waals surface area contributed by atoms with Crippen LogP contribution in [0.25, 0.3) is 0 Å². The number of carbonyl (C=O) groups excluding carboxylic acids is 2. The normalized spacial score (nSPS) is 25.2. The van der Waals surface area contributed by atoms with Crippen LogP contribution < -0.4 is 15.0 Å². The number of anilines is 1. The highest BCUT2D eigenvalue weighted by Crippen LogP contribution is 2.27. The maximum absolute atomic E-state index is 12.8. The van der Waals surface area contributed by atoms with Crippen molar-refractivity contribution in [2.45, 2.75) is 26.0 Å². The molecule has 0 radical (unpaired) electrons. The van der Waals surface area contributed by atoms with Crippen LogP contribution in [0.3, 0.4) is 0 Å². The van der Waals surface area contributed by atoms with Crippen molar-refractivity contribution in [1.29, 1.82) is 0 Å². The minimum absolute atomic E-state index is 0.0371. The molecule has 2 heterocycles. The summed E-state index contributed by atoms with van der Waals surface area (Å²) in [5.41, 5.74) is 1.12. The van der Waals surface area contributed by atoms with Crippen molar-refractivity contribution in [2.24, 2.45) is 11.8 Å². The molecule has 3 rings (SSSR count). The van der Waals surface area contributed by atoms with E-state index >= 15 is 0 Å². The largest absolute Gasteiger partial charge is 0.497 e. The van der Waals surface area contributed by atoms with Crippen molar-refractivity contribution in [2.75, 3.05) is 38.2 Å². The Labute approximate surface area is 153 Å². The van der Waals surface area contributed by atoms with Crippen LogP contribution in [0.5, 0.6) is 5.75 Å². The Kier molecular flexibility index (Phi) is 5.36. The third-order valence-corrected chi connectivity index (χ3v) is 5.48. The average Bonchev–Trinajstić information content (AvgIpc) is 2.64. The molecule has 0 unspecified atom stereocenters. The Morgan fingerprint density at radius 1 is 1.19 bits per heavy atom. The Morgan fingerprint density at radius 3 is 2.31 bits per heavy atom. The smallest absolute Gasteiger partial charge is 0.228 e. The topological polar surface area (TPSA) is 82.1 Å². The first-order valence-corrected chi connectivity index (χ1v) is 9.08. The van der Waals surface area contributed by atoms with E-state index in [1.165, 1.54) is 0 Å². The van der Waals surface area contributed by atoms with Gasteiger partial charge < -0.3 is 25.0 Å². The van der Waals surface area contributed by atoms with Crippen LogP contribution in [-0.4, -0.2) is 67.3 Å². The molecule has 1 aromatic carbocycles. The van der Waals surface area contributed by atoms with Gasteiger partial charge in [0.1, 0.15) is 5.75 Å². The number of aliphatic hydroxyl groups is 1. The molecule has 2 aliphatic heterocycles. The molecule has 2 N–H and O–H groups in total. The van der Waals surface area contributed by atoms with Gasteiger partial charge in [-0.3, -0.25) is 9.59 Å². The minimum atomic E-state index is -0.740. The van der Waals surface area contributed by atoms with E-state index in [0.717, 1.165) is 24.5 Å². The summed E-state index contributed by atoms with van der Waals surface area (Å²) in [5.74, 6) is -0.134. The number of rotatable bonds is 5. The van der Waals surface area contributed by atoms with Crippen molar-refractivity contribution in [3.05, 3.63) is 24.3 Å². The number of aliphatic hydroxyl groups excluding tert-OH is 1. The molecule has 142 valence electrons. The van der Waals surface area contributed by atoms with Gasteiger partial charge in [-0.15, -0.1) is 0 Å². The van der Waals surface area contributed by atoms with Gasteiger partial charge in [-0.1, -0.05) is 6.92 Å². The number of hydrogen-bond donors (Lipinski definition) is 2. The van der Waals surface area contributed by atoms with Crippen LogP contribution in [0.2, 0.25) is 0 Å². The predicted octanol–water partition coefficient (Wildman–Crippen LogP) is 0.475. The number of amides is 2. The predicted molar refractivity (Wildman–Crippen MR) is 98.1 cm³/mol. The highest BCUT2D eigenvalue weighted by atomic mass is 16.5. The van der Waals surface area contributed by atoms with E-state index < -0.39 is 12.0 Å². The van der Waals surface area contributed by atoms with Gasteiger partial charge in [0.15, 0.2) is 0 Å². The molecule has 0 aliphatic carbocycles. The number of carbonyl (C=O) groups is 2. The van der Waals surface area contributed by atoms with Crippen molar-refractivity contribution in [3.8, 4) is 5.75 Å². The number of nitrogens with zero attached hydrogens (tertiary/aromatic N) is 2. The fraction of sp³-hybridized carbons (Fsp3) is 0.579. The van der Waals surface area contributed by atoms with Crippen LogP contribution in [0.1, 0.15) is 13.8 Å². The summed E-state index contributed by atoms with van der Waals surface area (Å²) in [7, 11) is 1.65. The molecule has 7 nitrogen and oxygen atoms in total. The molecule has 0 bridgehead atoms. The zero-order valence-electron chi connectivity index (χ0n) is 15.5. The molecule has 0 aromatic heterocycles. The van der Waals surface area contributed by atoms with Crippen molar-refractivity contribution >= 4 is 17.5 Å². The summed E-state index contributed by atoms with van der Waals surface area (Å²) in [6, 6.07) is 7.63. The number of ether oxygens (including phenoxy) is 1. The first-order valence-electron chi connectivity index (χ1n) is 9.08. The Bertz CT molecular complexity index is 653. The first-order chi connectivity index (χ1) is 12.4. The molecule has 7 heteroatoms. The van der Waals surface area contributed by atoms with E-state index in [0.29, 0.717) is 13.1 Å². The third kappa shape index (κ3) is 3.49. The molecule has 0 spiro atoms. The van der Waals surface area contributed by atoms with Gasteiger partial charge >= 0.3 is 0 Å². The number of nitrogens with one attached hydrogen (secondary N) is 1. The third-order valence-electron chi connectivity index (χ3n) is 5.48. The molecule has 2 fully saturated rings. The molecular formula is C19H27N3O4. The van der Waals surface area contributed by atoms with Crippen molar-refractivity contribution in [3.63, 3.8) is 0 Å². The second kappa shape index (κ2) is 7.53. The highest BCUT2D eigenvalue weighted by molar-refractivity contribution is 5.90. The number of piperazine rings is 1. The summed E-state index contributed by atoms with van der Waals surface area (Å²) in [6.45, 7) is 6.26. The summed E-state index contributed by atoms with van der Waals surface area (Å²) in [4.78, 5) is 28.5. The zero-order chi connectivity index (χ0) is 18.8. The fourth-order valence-electron chi connectivity index (χ4n) is 3.79. The summed E-state index contributed by atoms with van der Waals surface area (Å²) < 4.78 is 5.18. The van der Waals surface area contributed by atoms with E-state index in [1.54, 1.807) is 14.0 Å². The van der Waals surface area contributed by atoms with Crippen LogP contribution in [-0.2, 0) is 9.59 Å². The summed E-state index contributed by atoms with van der Waals surface area (Å²) in [6.07, 6.45) is -0.740. The van der Waals surface area contributed by atoms with Gasteiger partial charge in [0.05, 0.1) is 31.1 Å². The molecule has 2 saturated heterocycles. The van der Waals surface area contributed by atoms with Gasteiger partial charge in [0.2, 0.25) is 11.8 Å². The number of methoxy groups -OCH3 is 1. The molecule has 2 aliphatic rings. The molecule has 2 amide bonds.